The van der Waals surface area contributed by atoms with Crippen LogP contribution in [0, 0.1) is 6.92 Å². The van der Waals surface area contributed by atoms with Gasteiger partial charge < -0.3 is 9.84 Å². The minimum atomic E-state index is -0.368. The van der Waals surface area contributed by atoms with Gasteiger partial charge in [0, 0.05) is 11.1 Å². The van der Waals surface area contributed by atoms with Gasteiger partial charge in [0.2, 0.25) is 11.7 Å². The van der Waals surface area contributed by atoms with Crippen LogP contribution in [0.5, 0.6) is 0 Å². The molecule has 3 rings (SSSR count). The van der Waals surface area contributed by atoms with E-state index in [0.29, 0.717) is 17.3 Å². The zero-order chi connectivity index (χ0) is 16.2. The van der Waals surface area contributed by atoms with Crippen molar-refractivity contribution in [2.75, 3.05) is 0 Å². The Hall–Kier alpha value is -2.95. The predicted octanol–water partition coefficient (Wildman–Crippen LogP) is 3.54. The first kappa shape index (κ1) is 15.0. The molecule has 1 N–H and O–H groups in total. The van der Waals surface area contributed by atoms with Crippen molar-refractivity contribution in [2.45, 2.75) is 19.9 Å². The highest BCUT2D eigenvalue weighted by Crippen LogP contribution is 2.21. The normalized spacial score (nSPS) is 11.9. The van der Waals surface area contributed by atoms with E-state index in [1.807, 2.05) is 56.3 Å². The Balaban J connectivity index is 1.75. The van der Waals surface area contributed by atoms with Crippen LogP contribution in [0.4, 0.5) is 0 Å². The zero-order valence-corrected chi connectivity index (χ0v) is 13.0. The number of amides is 1. The summed E-state index contributed by atoms with van der Waals surface area (Å²) in [5.41, 5.74) is 2.59. The van der Waals surface area contributed by atoms with E-state index in [2.05, 4.69) is 15.5 Å². The molecule has 0 aliphatic rings. The maximum absolute atomic E-state index is 12.2. The summed E-state index contributed by atoms with van der Waals surface area (Å²) in [4.78, 5) is 16.6. The van der Waals surface area contributed by atoms with Crippen molar-refractivity contribution in [3.63, 3.8) is 0 Å². The maximum atomic E-state index is 12.2. The largest absolute Gasteiger partial charge is 0.341 e. The maximum Gasteiger partial charge on any atom is 0.251 e. The molecule has 2 aromatic carbocycles. The molecule has 0 radical (unpaired) electrons. The van der Waals surface area contributed by atoms with E-state index in [1.54, 1.807) is 12.1 Å². The number of hydrogen-bond donors (Lipinski definition) is 1. The smallest absolute Gasteiger partial charge is 0.251 e. The zero-order valence-electron chi connectivity index (χ0n) is 13.0. The molecule has 116 valence electrons. The molecule has 1 atom stereocenters. The van der Waals surface area contributed by atoms with Gasteiger partial charge in [0.05, 0.1) is 0 Å². The lowest BCUT2D eigenvalue weighted by atomic mass is 10.1. The first-order valence-electron chi connectivity index (χ1n) is 7.40. The summed E-state index contributed by atoms with van der Waals surface area (Å²) in [7, 11) is 0. The monoisotopic (exact) mass is 307 g/mol. The number of nitrogens with zero attached hydrogens (tertiary/aromatic N) is 2. The number of rotatable bonds is 4. The molecule has 0 saturated carbocycles. The van der Waals surface area contributed by atoms with Gasteiger partial charge in [-0.1, -0.05) is 47.6 Å². The second-order valence-electron chi connectivity index (χ2n) is 5.33. The van der Waals surface area contributed by atoms with Crippen molar-refractivity contribution in [3.05, 3.63) is 71.6 Å². The number of aryl methyl sites for hydroxylation is 1. The SMILES string of the molecule is Cc1ccccc1-c1noc([C@H](C)NC(=O)c2ccccc2)n1. The van der Waals surface area contributed by atoms with Gasteiger partial charge in [-0.05, 0) is 31.5 Å². The molecule has 5 nitrogen and oxygen atoms in total. The summed E-state index contributed by atoms with van der Waals surface area (Å²) in [6, 6.07) is 16.5. The predicted molar refractivity (Wildman–Crippen MR) is 86.8 cm³/mol. The number of carbonyl (C=O) groups is 1. The summed E-state index contributed by atoms with van der Waals surface area (Å²) in [5.74, 6) is 0.736. The molecular formula is C18H17N3O2. The molecule has 0 bridgehead atoms. The average Bonchev–Trinajstić information content (AvgIpc) is 3.06. The molecule has 23 heavy (non-hydrogen) atoms. The van der Waals surface area contributed by atoms with Gasteiger partial charge in [0.1, 0.15) is 6.04 Å². The summed E-state index contributed by atoms with van der Waals surface area (Å²) in [6.07, 6.45) is 0. The summed E-state index contributed by atoms with van der Waals surface area (Å²) in [5, 5.41) is 6.87. The van der Waals surface area contributed by atoms with Crippen LogP contribution in [0.25, 0.3) is 11.4 Å². The topological polar surface area (TPSA) is 68.0 Å². The molecular weight excluding hydrogens is 290 g/mol. The molecule has 0 aliphatic carbocycles. The fraction of sp³-hybridized carbons (Fsp3) is 0.167. The lowest BCUT2D eigenvalue weighted by Crippen LogP contribution is -2.26. The number of nitrogens with one attached hydrogen (secondary N) is 1. The highest BCUT2D eigenvalue weighted by atomic mass is 16.5. The first-order valence-corrected chi connectivity index (χ1v) is 7.40. The number of hydrogen-bond acceptors (Lipinski definition) is 4. The lowest BCUT2D eigenvalue weighted by Gasteiger charge is -2.09. The van der Waals surface area contributed by atoms with Gasteiger partial charge in [-0.25, -0.2) is 0 Å². The van der Waals surface area contributed by atoms with E-state index in [9.17, 15) is 4.79 Å². The molecule has 1 heterocycles. The quantitative estimate of drug-likeness (QED) is 0.800. The van der Waals surface area contributed by atoms with Crippen LogP contribution in [0.2, 0.25) is 0 Å². The Labute approximate surface area is 134 Å². The summed E-state index contributed by atoms with van der Waals surface area (Å²) >= 11 is 0. The van der Waals surface area contributed by atoms with Crippen LogP contribution < -0.4 is 5.32 Å². The summed E-state index contributed by atoms with van der Waals surface area (Å²) < 4.78 is 5.30. The molecule has 0 fully saturated rings. The molecule has 1 amide bonds. The van der Waals surface area contributed by atoms with Gasteiger partial charge in [-0.15, -0.1) is 0 Å². The minimum Gasteiger partial charge on any atom is -0.341 e. The van der Waals surface area contributed by atoms with Crippen LogP contribution >= 0.6 is 0 Å². The van der Waals surface area contributed by atoms with Gasteiger partial charge in [0.15, 0.2) is 0 Å². The standard InChI is InChI=1S/C18H17N3O2/c1-12-8-6-7-11-15(12)16-20-18(23-21-16)13(2)19-17(22)14-9-4-3-5-10-14/h3-11,13H,1-2H3,(H,19,22)/t13-/m0/s1. The van der Waals surface area contributed by atoms with Gasteiger partial charge in [0.25, 0.3) is 5.91 Å². The Morgan fingerprint density at radius 3 is 2.52 bits per heavy atom. The second-order valence-corrected chi connectivity index (χ2v) is 5.33. The molecule has 1 aromatic heterocycles. The van der Waals surface area contributed by atoms with Crippen molar-refractivity contribution >= 4 is 5.91 Å². The average molecular weight is 307 g/mol. The van der Waals surface area contributed by atoms with Crippen molar-refractivity contribution < 1.29 is 9.32 Å². The highest BCUT2D eigenvalue weighted by Gasteiger charge is 2.18. The van der Waals surface area contributed by atoms with Crippen LogP contribution in [-0.2, 0) is 0 Å². The van der Waals surface area contributed by atoms with E-state index in [-0.39, 0.29) is 11.9 Å². The molecule has 0 spiro atoms. The van der Waals surface area contributed by atoms with E-state index in [1.165, 1.54) is 0 Å². The lowest BCUT2D eigenvalue weighted by molar-refractivity contribution is 0.0932. The fourth-order valence-electron chi connectivity index (χ4n) is 2.28. The Morgan fingerprint density at radius 1 is 1.09 bits per heavy atom. The molecule has 0 unspecified atom stereocenters. The third kappa shape index (κ3) is 3.29. The molecule has 5 heteroatoms. The minimum absolute atomic E-state index is 0.172. The van der Waals surface area contributed by atoms with Gasteiger partial charge in [-0.2, -0.15) is 4.98 Å². The second kappa shape index (κ2) is 6.44. The fourth-order valence-corrected chi connectivity index (χ4v) is 2.28. The van der Waals surface area contributed by atoms with E-state index in [4.69, 9.17) is 4.52 Å². The van der Waals surface area contributed by atoms with Crippen molar-refractivity contribution in [1.29, 1.82) is 0 Å². The van der Waals surface area contributed by atoms with Gasteiger partial charge in [-0.3, -0.25) is 4.79 Å². The van der Waals surface area contributed by atoms with Crippen molar-refractivity contribution in [1.82, 2.24) is 15.5 Å². The van der Waals surface area contributed by atoms with Crippen LogP contribution in [0.3, 0.4) is 0 Å². The van der Waals surface area contributed by atoms with Crippen LogP contribution in [-0.4, -0.2) is 16.0 Å². The molecule has 3 aromatic rings. The number of carbonyl (C=O) groups excluding carboxylic acids is 1. The van der Waals surface area contributed by atoms with Crippen LogP contribution in [0.1, 0.15) is 34.8 Å². The summed E-state index contributed by atoms with van der Waals surface area (Å²) in [6.45, 7) is 3.81. The third-order valence-corrected chi connectivity index (χ3v) is 3.58. The Morgan fingerprint density at radius 2 is 1.78 bits per heavy atom. The van der Waals surface area contributed by atoms with E-state index < -0.39 is 0 Å². The Kier molecular flexibility index (Phi) is 4.19. The highest BCUT2D eigenvalue weighted by molar-refractivity contribution is 5.94. The molecule has 0 saturated heterocycles. The third-order valence-electron chi connectivity index (χ3n) is 3.58. The van der Waals surface area contributed by atoms with E-state index >= 15 is 0 Å². The first-order chi connectivity index (χ1) is 11.1. The molecule has 0 aliphatic heterocycles. The van der Waals surface area contributed by atoms with E-state index in [0.717, 1.165) is 11.1 Å². The van der Waals surface area contributed by atoms with Crippen molar-refractivity contribution in [2.24, 2.45) is 0 Å². The number of aromatic nitrogens is 2. The number of benzene rings is 2. The van der Waals surface area contributed by atoms with Crippen LogP contribution in [0.15, 0.2) is 59.1 Å². The Bertz CT molecular complexity index is 812. The van der Waals surface area contributed by atoms with Crippen molar-refractivity contribution in [3.8, 4) is 11.4 Å². The van der Waals surface area contributed by atoms with Gasteiger partial charge >= 0.3 is 0 Å².